The van der Waals surface area contributed by atoms with Crippen molar-refractivity contribution >= 4 is 17.8 Å². The predicted molar refractivity (Wildman–Crippen MR) is 126 cm³/mol. The molecule has 166 valence electrons. The summed E-state index contributed by atoms with van der Waals surface area (Å²) < 4.78 is 10.8. The van der Waals surface area contributed by atoms with Gasteiger partial charge in [-0.3, -0.25) is 4.79 Å². The molecule has 1 amide bonds. The topological polar surface area (TPSA) is 63.2 Å². The Hall–Kier alpha value is -3.02. The molecule has 1 heterocycles. The summed E-state index contributed by atoms with van der Waals surface area (Å²) in [6, 6.07) is 11.1. The summed E-state index contributed by atoms with van der Waals surface area (Å²) in [6.07, 6.45) is 3.81. The Bertz CT molecular complexity index is 951. The van der Waals surface area contributed by atoms with E-state index in [1.54, 1.807) is 44.7 Å². The van der Waals surface area contributed by atoms with E-state index in [0.717, 1.165) is 30.7 Å². The first-order valence-corrected chi connectivity index (χ1v) is 10.8. The first kappa shape index (κ1) is 22.7. The lowest BCUT2D eigenvalue weighted by Crippen LogP contribution is -2.48. The van der Waals surface area contributed by atoms with E-state index in [1.165, 1.54) is 11.3 Å². The van der Waals surface area contributed by atoms with Crippen LogP contribution >= 0.6 is 0 Å². The number of anilines is 1. The van der Waals surface area contributed by atoms with Crippen molar-refractivity contribution in [3.63, 3.8) is 0 Å². The lowest BCUT2D eigenvalue weighted by Gasteiger charge is -2.47. The number of amides is 1. The number of carbonyl (C=O) groups excluding carboxylic acids is 1. The molecule has 2 aromatic carbocycles. The number of carbonyl (C=O) groups is 1. The molecule has 0 spiro atoms. The van der Waals surface area contributed by atoms with E-state index in [-0.39, 0.29) is 11.4 Å². The second kappa shape index (κ2) is 9.41. The van der Waals surface area contributed by atoms with Gasteiger partial charge in [0, 0.05) is 35.0 Å². The highest BCUT2D eigenvalue weighted by Crippen LogP contribution is 2.45. The van der Waals surface area contributed by atoms with Gasteiger partial charge in [0.1, 0.15) is 11.5 Å². The maximum Gasteiger partial charge on any atom is 0.271 e. The summed E-state index contributed by atoms with van der Waals surface area (Å²) in [5.74, 6) is 1.59. The molecule has 2 aromatic rings. The smallest absolute Gasteiger partial charge is 0.271 e. The first-order chi connectivity index (χ1) is 14.8. The van der Waals surface area contributed by atoms with Crippen molar-refractivity contribution in [2.24, 2.45) is 5.10 Å². The van der Waals surface area contributed by atoms with Gasteiger partial charge in [0.15, 0.2) is 0 Å². The van der Waals surface area contributed by atoms with Crippen LogP contribution in [0.4, 0.5) is 5.69 Å². The van der Waals surface area contributed by atoms with E-state index < -0.39 is 0 Å². The largest absolute Gasteiger partial charge is 0.497 e. The second-order valence-corrected chi connectivity index (χ2v) is 8.65. The van der Waals surface area contributed by atoms with Crippen LogP contribution in [0.5, 0.6) is 11.5 Å². The third kappa shape index (κ3) is 4.84. The Morgan fingerprint density at radius 2 is 1.94 bits per heavy atom. The SMILES string of the molecule is CCCN1c2cc(OC)c(/C=N\NC(=O)c3ccc(OC)cc3)cc2C(C)CC1(C)C. The fourth-order valence-corrected chi connectivity index (χ4v) is 4.42. The number of rotatable bonds is 7. The standard InChI is InChI=1S/C25H33N3O3/c1-7-12-28-22-14-23(31-6)19(13-21(22)17(2)15-25(28,3)4)16-26-27-24(29)18-8-10-20(30-5)11-9-18/h8-11,13-14,16-17H,7,12,15H2,1-6H3,(H,27,29)/b26-16-. The van der Waals surface area contributed by atoms with Gasteiger partial charge in [0.25, 0.3) is 5.91 Å². The number of hydrogen-bond donors (Lipinski definition) is 1. The highest BCUT2D eigenvalue weighted by molar-refractivity contribution is 5.95. The number of ether oxygens (including phenoxy) is 2. The van der Waals surface area contributed by atoms with Crippen molar-refractivity contribution in [1.29, 1.82) is 0 Å². The molecule has 1 N–H and O–H groups in total. The van der Waals surface area contributed by atoms with Crippen molar-refractivity contribution in [2.75, 3.05) is 25.7 Å². The molecule has 1 unspecified atom stereocenters. The molecule has 0 saturated heterocycles. The number of nitrogens with zero attached hydrogens (tertiary/aromatic N) is 2. The van der Waals surface area contributed by atoms with Gasteiger partial charge in [-0.2, -0.15) is 5.10 Å². The fourth-order valence-electron chi connectivity index (χ4n) is 4.42. The summed E-state index contributed by atoms with van der Waals surface area (Å²) in [4.78, 5) is 14.8. The van der Waals surface area contributed by atoms with Gasteiger partial charge in [-0.1, -0.05) is 13.8 Å². The molecule has 0 bridgehead atoms. The lowest BCUT2D eigenvalue weighted by molar-refractivity contribution is 0.0955. The summed E-state index contributed by atoms with van der Waals surface area (Å²) in [7, 11) is 3.26. The number of nitrogens with one attached hydrogen (secondary N) is 1. The van der Waals surface area contributed by atoms with Gasteiger partial charge in [0.05, 0.1) is 20.4 Å². The van der Waals surface area contributed by atoms with Crippen LogP contribution in [0, 0.1) is 0 Å². The normalized spacial score (nSPS) is 17.4. The zero-order valence-corrected chi connectivity index (χ0v) is 19.4. The zero-order valence-electron chi connectivity index (χ0n) is 19.4. The molecule has 1 aliphatic rings. The van der Waals surface area contributed by atoms with Crippen LogP contribution in [0.1, 0.15) is 67.9 Å². The number of hydrogen-bond acceptors (Lipinski definition) is 5. The number of hydrazone groups is 1. The Morgan fingerprint density at radius 1 is 1.23 bits per heavy atom. The molecule has 1 aliphatic heterocycles. The molecule has 0 fully saturated rings. The molecule has 3 rings (SSSR count). The molecule has 6 heteroatoms. The van der Waals surface area contributed by atoms with E-state index in [2.05, 4.69) is 55.3 Å². The summed E-state index contributed by atoms with van der Waals surface area (Å²) in [6.45, 7) is 10.1. The fraction of sp³-hybridized carbons (Fsp3) is 0.440. The van der Waals surface area contributed by atoms with Crippen molar-refractivity contribution in [1.82, 2.24) is 5.43 Å². The second-order valence-electron chi connectivity index (χ2n) is 8.65. The van der Waals surface area contributed by atoms with Crippen LogP contribution < -0.4 is 19.8 Å². The van der Waals surface area contributed by atoms with Crippen LogP contribution in [0.3, 0.4) is 0 Å². The summed E-state index contributed by atoms with van der Waals surface area (Å²) in [5.41, 5.74) is 6.56. The Kier molecular flexibility index (Phi) is 6.88. The average Bonchev–Trinajstić information content (AvgIpc) is 2.76. The van der Waals surface area contributed by atoms with Gasteiger partial charge in [-0.05, 0) is 68.5 Å². The van der Waals surface area contributed by atoms with Gasteiger partial charge in [0.2, 0.25) is 0 Å². The Balaban J connectivity index is 1.85. The highest BCUT2D eigenvalue weighted by Gasteiger charge is 2.36. The molecular formula is C25H33N3O3. The Labute approximate surface area is 185 Å². The maximum atomic E-state index is 12.4. The quantitative estimate of drug-likeness (QED) is 0.504. The van der Waals surface area contributed by atoms with Crippen LogP contribution in [0.25, 0.3) is 0 Å². The van der Waals surface area contributed by atoms with Crippen molar-refractivity contribution in [3.05, 3.63) is 53.1 Å². The molecular weight excluding hydrogens is 390 g/mol. The molecule has 6 nitrogen and oxygen atoms in total. The number of fused-ring (bicyclic) bond motifs is 1. The van der Waals surface area contributed by atoms with Crippen LogP contribution in [-0.4, -0.2) is 38.4 Å². The van der Waals surface area contributed by atoms with Gasteiger partial charge in [-0.25, -0.2) is 5.43 Å². The van der Waals surface area contributed by atoms with Crippen molar-refractivity contribution in [2.45, 2.75) is 52.0 Å². The summed E-state index contributed by atoms with van der Waals surface area (Å²) >= 11 is 0. The monoisotopic (exact) mass is 423 g/mol. The maximum absolute atomic E-state index is 12.4. The van der Waals surface area contributed by atoms with Gasteiger partial charge < -0.3 is 14.4 Å². The Morgan fingerprint density at radius 3 is 2.55 bits per heavy atom. The van der Waals surface area contributed by atoms with E-state index >= 15 is 0 Å². The van der Waals surface area contributed by atoms with Crippen LogP contribution in [0.15, 0.2) is 41.5 Å². The molecule has 0 saturated carbocycles. The molecule has 0 aromatic heterocycles. The van der Waals surface area contributed by atoms with E-state index in [1.807, 2.05) is 0 Å². The van der Waals surface area contributed by atoms with Crippen LogP contribution in [-0.2, 0) is 0 Å². The minimum Gasteiger partial charge on any atom is -0.497 e. The highest BCUT2D eigenvalue weighted by atomic mass is 16.5. The first-order valence-electron chi connectivity index (χ1n) is 10.8. The minimum absolute atomic E-state index is 0.0926. The molecule has 1 atom stereocenters. The molecule has 0 aliphatic carbocycles. The average molecular weight is 424 g/mol. The number of methoxy groups -OCH3 is 2. The molecule has 31 heavy (non-hydrogen) atoms. The lowest BCUT2D eigenvalue weighted by atomic mass is 9.79. The zero-order chi connectivity index (χ0) is 22.6. The van der Waals surface area contributed by atoms with Crippen molar-refractivity contribution < 1.29 is 14.3 Å². The van der Waals surface area contributed by atoms with Gasteiger partial charge >= 0.3 is 0 Å². The molecule has 0 radical (unpaired) electrons. The van der Waals surface area contributed by atoms with Crippen molar-refractivity contribution in [3.8, 4) is 11.5 Å². The van der Waals surface area contributed by atoms with Crippen LogP contribution in [0.2, 0.25) is 0 Å². The third-order valence-electron chi connectivity index (χ3n) is 5.91. The summed E-state index contributed by atoms with van der Waals surface area (Å²) in [5, 5.41) is 4.18. The number of benzene rings is 2. The minimum atomic E-state index is -0.278. The van der Waals surface area contributed by atoms with Gasteiger partial charge in [-0.15, -0.1) is 0 Å². The van der Waals surface area contributed by atoms with E-state index in [0.29, 0.717) is 17.2 Å². The van der Waals surface area contributed by atoms with E-state index in [9.17, 15) is 4.79 Å². The van der Waals surface area contributed by atoms with E-state index in [4.69, 9.17) is 9.47 Å². The predicted octanol–water partition coefficient (Wildman–Crippen LogP) is 4.97. The third-order valence-corrected chi connectivity index (χ3v) is 5.91.